The van der Waals surface area contributed by atoms with Crippen LogP contribution in [0.15, 0.2) is 23.1 Å². The Morgan fingerprint density at radius 3 is 2.35 bits per heavy atom. The fourth-order valence-corrected chi connectivity index (χ4v) is 3.67. The van der Waals surface area contributed by atoms with Gasteiger partial charge >= 0.3 is 6.18 Å². The van der Waals surface area contributed by atoms with Gasteiger partial charge in [-0.2, -0.15) is 18.4 Å². The van der Waals surface area contributed by atoms with E-state index >= 15 is 0 Å². The van der Waals surface area contributed by atoms with E-state index in [1.165, 1.54) is 11.0 Å². The molecule has 4 heterocycles. The van der Waals surface area contributed by atoms with E-state index < -0.39 is 24.1 Å². The van der Waals surface area contributed by atoms with Gasteiger partial charge < -0.3 is 20.1 Å². The first-order valence-corrected chi connectivity index (χ1v) is 9.71. The number of anilines is 1. The number of nitrogens with two attached hydrogens (primary N) is 1. The molecule has 2 fully saturated rings. The van der Waals surface area contributed by atoms with Crippen LogP contribution in [-0.2, 0) is 15.7 Å². The Hall–Kier alpha value is -2.95. The van der Waals surface area contributed by atoms with E-state index in [9.17, 15) is 18.4 Å². The van der Waals surface area contributed by atoms with Gasteiger partial charge in [-0.15, -0.1) is 0 Å². The zero-order chi connectivity index (χ0) is 22.0. The topological polar surface area (TPSA) is 116 Å². The molecule has 4 rings (SSSR count). The van der Waals surface area contributed by atoms with E-state index in [0.717, 1.165) is 6.20 Å². The van der Waals surface area contributed by atoms with Gasteiger partial charge in [0.2, 0.25) is 5.95 Å². The van der Waals surface area contributed by atoms with Crippen LogP contribution in [0.3, 0.4) is 0 Å². The molecule has 0 radical (unpaired) electrons. The summed E-state index contributed by atoms with van der Waals surface area (Å²) >= 11 is 0. The standard InChI is InChI=1S/C18H21F3N8O2/c19-18(20,21)15-12(10-24-16(23)26-15)13-9-14(27-1-5-30-6-2-27)29(11-22)17(25-13)28-3-7-31-8-4-28/h9-10,17H,1-8H2,(H2,23,24,26). The van der Waals surface area contributed by atoms with E-state index in [1.807, 2.05) is 9.80 Å². The first-order valence-electron chi connectivity index (χ1n) is 9.71. The third kappa shape index (κ3) is 4.41. The zero-order valence-electron chi connectivity index (χ0n) is 16.5. The van der Waals surface area contributed by atoms with Crippen molar-refractivity contribution in [2.45, 2.75) is 12.5 Å². The molecular formula is C18H21F3N8O2. The molecule has 2 saturated heterocycles. The van der Waals surface area contributed by atoms with Crippen LogP contribution in [0.4, 0.5) is 19.1 Å². The Morgan fingerprint density at radius 2 is 1.74 bits per heavy atom. The smallest absolute Gasteiger partial charge is 0.379 e. The van der Waals surface area contributed by atoms with Gasteiger partial charge in [0.25, 0.3) is 0 Å². The number of rotatable bonds is 3. The lowest BCUT2D eigenvalue weighted by atomic mass is 10.1. The highest BCUT2D eigenvalue weighted by molar-refractivity contribution is 6.10. The van der Waals surface area contributed by atoms with Crippen LogP contribution in [0.1, 0.15) is 11.3 Å². The van der Waals surface area contributed by atoms with Gasteiger partial charge in [0, 0.05) is 44.0 Å². The van der Waals surface area contributed by atoms with Gasteiger partial charge in [0.05, 0.1) is 32.1 Å². The van der Waals surface area contributed by atoms with Crippen molar-refractivity contribution in [1.82, 2.24) is 24.7 Å². The van der Waals surface area contributed by atoms with Crippen molar-refractivity contribution < 1.29 is 22.6 Å². The number of aliphatic imine (C=N–C) groups is 1. The number of nitriles is 1. The predicted molar refractivity (Wildman–Crippen MR) is 102 cm³/mol. The highest BCUT2D eigenvalue weighted by Crippen LogP contribution is 2.33. The van der Waals surface area contributed by atoms with E-state index in [2.05, 4.69) is 21.2 Å². The number of ether oxygens (including phenoxy) is 2. The number of alkyl halides is 3. The van der Waals surface area contributed by atoms with Crippen LogP contribution < -0.4 is 5.73 Å². The minimum Gasteiger partial charge on any atom is -0.379 e. The molecule has 1 atom stereocenters. The van der Waals surface area contributed by atoms with Gasteiger partial charge in [-0.05, 0) is 0 Å². The van der Waals surface area contributed by atoms with Crippen molar-refractivity contribution in [3.8, 4) is 6.19 Å². The van der Waals surface area contributed by atoms with Crippen LogP contribution in [0.25, 0.3) is 0 Å². The normalized spacial score (nSPS) is 23.2. The molecule has 1 aromatic heterocycles. The van der Waals surface area contributed by atoms with Crippen molar-refractivity contribution in [2.24, 2.45) is 4.99 Å². The summed E-state index contributed by atoms with van der Waals surface area (Å²) in [5.74, 6) is -0.0227. The van der Waals surface area contributed by atoms with E-state index in [1.54, 1.807) is 0 Å². The Labute approximate surface area is 176 Å². The number of morpholine rings is 2. The molecule has 13 heteroatoms. The average molecular weight is 438 g/mol. The minimum atomic E-state index is -4.75. The van der Waals surface area contributed by atoms with Gasteiger partial charge in [-0.25, -0.2) is 19.9 Å². The Balaban J connectivity index is 1.82. The molecule has 31 heavy (non-hydrogen) atoms. The van der Waals surface area contributed by atoms with Crippen LogP contribution in [0.5, 0.6) is 0 Å². The maximum Gasteiger partial charge on any atom is 0.434 e. The number of allylic oxidation sites excluding steroid dienone is 1. The molecule has 2 N–H and O–H groups in total. The van der Waals surface area contributed by atoms with Crippen molar-refractivity contribution in [2.75, 3.05) is 58.3 Å². The summed E-state index contributed by atoms with van der Waals surface area (Å²) < 4.78 is 51.8. The molecule has 0 saturated carbocycles. The van der Waals surface area contributed by atoms with E-state index in [-0.39, 0.29) is 11.3 Å². The molecule has 0 amide bonds. The average Bonchev–Trinajstić information content (AvgIpc) is 2.78. The van der Waals surface area contributed by atoms with Crippen molar-refractivity contribution in [3.05, 3.63) is 29.4 Å². The highest BCUT2D eigenvalue weighted by Gasteiger charge is 2.40. The van der Waals surface area contributed by atoms with Crippen molar-refractivity contribution >= 4 is 11.7 Å². The summed E-state index contributed by atoms with van der Waals surface area (Å²) in [7, 11) is 0. The molecule has 1 aromatic rings. The first kappa shape index (κ1) is 21.3. The fourth-order valence-electron chi connectivity index (χ4n) is 3.67. The second kappa shape index (κ2) is 8.66. The Morgan fingerprint density at radius 1 is 1.10 bits per heavy atom. The van der Waals surface area contributed by atoms with Crippen LogP contribution in [0, 0.1) is 11.5 Å². The highest BCUT2D eigenvalue weighted by atomic mass is 19.4. The lowest BCUT2D eigenvalue weighted by Gasteiger charge is -2.43. The summed E-state index contributed by atoms with van der Waals surface area (Å²) in [5.41, 5.74) is 4.00. The van der Waals surface area contributed by atoms with Crippen molar-refractivity contribution in [3.63, 3.8) is 0 Å². The Bertz CT molecular complexity index is 917. The summed E-state index contributed by atoms with van der Waals surface area (Å²) in [6, 6.07) is 0. The number of hydrogen-bond acceptors (Lipinski definition) is 10. The fraction of sp³-hybridized carbons (Fsp3) is 0.556. The SMILES string of the molecule is N#CN1C(N2CCOCC2)=CC(c2cnc(N)nc2C(F)(F)F)=NC1N1CCOCC1. The number of nitrogen functional groups attached to an aromatic ring is 1. The van der Waals surface area contributed by atoms with Gasteiger partial charge in [0.15, 0.2) is 18.2 Å². The minimum absolute atomic E-state index is 0.0387. The third-order valence-electron chi connectivity index (χ3n) is 5.17. The molecule has 0 spiro atoms. The maximum absolute atomic E-state index is 13.7. The van der Waals surface area contributed by atoms with Crippen LogP contribution >= 0.6 is 0 Å². The summed E-state index contributed by atoms with van der Waals surface area (Å²) in [6.45, 7) is 3.75. The van der Waals surface area contributed by atoms with Crippen LogP contribution in [0.2, 0.25) is 0 Å². The summed E-state index contributed by atoms with van der Waals surface area (Å²) in [6.07, 6.45) is -0.926. The van der Waals surface area contributed by atoms with Gasteiger partial charge in [-0.3, -0.25) is 4.90 Å². The molecule has 0 bridgehead atoms. The number of aromatic nitrogens is 2. The molecule has 3 aliphatic rings. The summed E-state index contributed by atoms with van der Waals surface area (Å²) in [4.78, 5) is 16.9. The summed E-state index contributed by atoms with van der Waals surface area (Å²) in [5, 5.41) is 9.90. The lowest BCUT2D eigenvalue weighted by molar-refractivity contribution is -0.141. The maximum atomic E-state index is 13.7. The third-order valence-corrected chi connectivity index (χ3v) is 5.17. The van der Waals surface area contributed by atoms with E-state index in [0.29, 0.717) is 58.4 Å². The molecule has 10 nitrogen and oxygen atoms in total. The molecule has 0 aromatic carbocycles. The lowest BCUT2D eigenvalue weighted by Crippen LogP contribution is -2.54. The predicted octanol–water partition coefficient (Wildman–Crippen LogP) is 0.453. The second-order valence-electron chi connectivity index (χ2n) is 7.07. The number of hydrogen-bond donors (Lipinski definition) is 1. The monoisotopic (exact) mass is 438 g/mol. The number of nitrogens with zero attached hydrogens (tertiary/aromatic N) is 7. The second-order valence-corrected chi connectivity index (χ2v) is 7.07. The van der Waals surface area contributed by atoms with Gasteiger partial charge in [0.1, 0.15) is 5.82 Å². The quantitative estimate of drug-likeness (QED) is 0.672. The number of halogens is 3. The van der Waals surface area contributed by atoms with E-state index in [4.69, 9.17) is 15.2 Å². The van der Waals surface area contributed by atoms with Crippen LogP contribution in [-0.4, -0.2) is 89.3 Å². The molecule has 0 aliphatic carbocycles. The molecule has 166 valence electrons. The largest absolute Gasteiger partial charge is 0.434 e. The van der Waals surface area contributed by atoms with Gasteiger partial charge in [-0.1, -0.05) is 0 Å². The molecule has 1 unspecified atom stereocenters. The van der Waals surface area contributed by atoms with Crippen molar-refractivity contribution in [1.29, 1.82) is 5.26 Å². The Kier molecular flexibility index (Phi) is 5.94. The molecule has 3 aliphatic heterocycles. The first-order chi connectivity index (χ1) is 14.9. The molecular weight excluding hydrogens is 417 g/mol. The zero-order valence-corrected chi connectivity index (χ0v) is 16.5.